The van der Waals surface area contributed by atoms with E-state index in [4.69, 9.17) is 20.8 Å². The molecule has 6 nitrogen and oxygen atoms in total. The minimum Gasteiger partial charge on any atom is -0.389 e. The fourth-order valence-corrected chi connectivity index (χ4v) is 7.28. The molecule has 0 radical (unpaired) electrons. The number of benzene rings is 1. The molecular weight excluding hydrogens is 476 g/mol. The topological polar surface area (TPSA) is 65.4 Å². The molecule has 2 aliphatic heterocycles. The third kappa shape index (κ3) is 5.43. The summed E-state index contributed by atoms with van der Waals surface area (Å²) in [6, 6.07) is 5.82. The Hall–Kier alpha value is -0.323. The zero-order chi connectivity index (χ0) is 24.8. The van der Waals surface area contributed by atoms with Crippen molar-refractivity contribution in [2.45, 2.75) is 94.0 Å². The van der Waals surface area contributed by atoms with Crippen molar-refractivity contribution in [2.24, 2.45) is 0 Å². The van der Waals surface area contributed by atoms with Gasteiger partial charge in [-0.15, -0.1) is 11.8 Å². The average molecular weight is 517 g/mol. The van der Waals surface area contributed by atoms with Gasteiger partial charge in [0.05, 0.1) is 10.9 Å². The lowest BCUT2D eigenvalue weighted by Crippen LogP contribution is -2.70. The predicted molar refractivity (Wildman–Crippen MR) is 140 cm³/mol. The summed E-state index contributed by atoms with van der Waals surface area (Å²) in [4.78, 5) is 5.59. The standard InChI is InChI=1S/C24H41ClN2O4SSi/c1-9-26(10-2)13-14-27-17-15-16(25)11-12-18(17)32-20-19(28)21(29)24(6,30-22(20)27)31-33(7,8)23(3,4)5/h11-12,15,19-22,28-29H,9-10,13-14H2,1-8H3/t19-,20+,21+,22-,24-/m1/s1. The van der Waals surface area contributed by atoms with Gasteiger partial charge in [0.2, 0.25) is 0 Å². The molecule has 0 bridgehead atoms. The van der Waals surface area contributed by atoms with Gasteiger partial charge in [-0.25, -0.2) is 0 Å². The normalized spacial score (nSPS) is 30.4. The van der Waals surface area contributed by atoms with Crippen LogP contribution in [0, 0.1) is 0 Å². The lowest BCUT2D eigenvalue weighted by atomic mass is 9.97. The van der Waals surface area contributed by atoms with Crippen LogP contribution in [-0.2, 0) is 9.16 Å². The third-order valence-electron chi connectivity index (χ3n) is 7.45. The van der Waals surface area contributed by atoms with Crippen LogP contribution in [-0.4, -0.2) is 79.1 Å². The summed E-state index contributed by atoms with van der Waals surface area (Å²) >= 11 is 7.93. The Morgan fingerprint density at radius 1 is 1.24 bits per heavy atom. The van der Waals surface area contributed by atoms with Gasteiger partial charge in [0.1, 0.15) is 18.4 Å². The van der Waals surface area contributed by atoms with Crippen LogP contribution >= 0.6 is 23.4 Å². The van der Waals surface area contributed by atoms with Gasteiger partial charge < -0.3 is 29.2 Å². The molecule has 3 rings (SSSR count). The van der Waals surface area contributed by atoms with Crippen molar-refractivity contribution in [1.82, 2.24) is 4.90 Å². The molecule has 0 amide bonds. The van der Waals surface area contributed by atoms with Gasteiger partial charge >= 0.3 is 0 Å². The maximum absolute atomic E-state index is 11.3. The van der Waals surface area contributed by atoms with Crippen LogP contribution in [0.4, 0.5) is 5.69 Å². The molecule has 1 aromatic rings. The molecule has 0 unspecified atom stereocenters. The van der Waals surface area contributed by atoms with Gasteiger partial charge in [-0.1, -0.05) is 46.2 Å². The Balaban J connectivity index is 1.99. The second-order valence-electron chi connectivity index (χ2n) is 10.7. The third-order valence-corrected chi connectivity index (χ3v) is 13.6. The first-order valence-electron chi connectivity index (χ1n) is 11.9. The van der Waals surface area contributed by atoms with E-state index in [1.807, 2.05) is 18.2 Å². The van der Waals surface area contributed by atoms with Gasteiger partial charge in [0.25, 0.3) is 0 Å². The molecular formula is C24H41ClN2O4SSi. The van der Waals surface area contributed by atoms with Gasteiger partial charge in [0.15, 0.2) is 14.1 Å². The van der Waals surface area contributed by atoms with E-state index in [9.17, 15) is 10.2 Å². The van der Waals surface area contributed by atoms with Crippen LogP contribution in [0.1, 0.15) is 41.5 Å². The summed E-state index contributed by atoms with van der Waals surface area (Å²) in [5.74, 6) is -1.31. The first-order valence-corrected chi connectivity index (χ1v) is 16.1. The van der Waals surface area contributed by atoms with E-state index in [1.54, 1.807) is 18.7 Å². The number of rotatable bonds is 7. The summed E-state index contributed by atoms with van der Waals surface area (Å²) in [5.41, 5.74) is 0.999. The van der Waals surface area contributed by atoms with E-state index in [0.29, 0.717) is 5.02 Å². The van der Waals surface area contributed by atoms with Crippen molar-refractivity contribution >= 4 is 37.4 Å². The molecule has 2 heterocycles. The first kappa shape index (κ1) is 27.3. The first-order chi connectivity index (χ1) is 15.2. The number of fused-ring (bicyclic) bond motifs is 2. The number of hydrogen-bond acceptors (Lipinski definition) is 7. The smallest absolute Gasteiger partial charge is 0.195 e. The summed E-state index contributed by atoms with van der Waals surface area (Å²) < 4.78 is 13.3. The second kappa shape index (κ2) is 9.97. The number of ether oxygens (including phenoxy) is 1. The fourth-order valence-electron chi connectivity index (χ4n) is 4.28. The molecule has 2 N–H and O–H groups in total. The molecule has 33 heavy (non-hydrogen) atoms. The zero-order valence-electron chi connectivity index (χ0n) is 21.3. The molecule has 2 aliphatic rings. The minimum absolute atomic E-state index is 0.0647. The summed E-state index contributed by atoms with van der Waals surface area (Å²) in [7, 11) is -2.29. The zero-order valence-corrected chi connectivity index (χ0v) is 23.8. The lowest BCUT2D eigenvalue weighted by molar-refractivity contribution is -0.301. The maximum atomic E-state index is 11.3. The summed E-state index contributed by atoms with van der Waals surface area (Å²) in [6.45, 7) is 20.3. The van der Waals surface area contributed by atoms with Crippen LogP contribution in [0.3, 0.4) is 0 Å². The van der Waals surface area contributed by atoms with Gasteiger partial charge in [0, 0.05) is 23.0 Å². The van der Waals surface area contributed by atoms with E-state index in [1.165, 1.54) is 0 Å². The quantitative estimate of drug-likeness (QED) is 0.505. The van der Waals surface area contributed by atoms with E-state index in [-0.39, 0.29) is 10.3 Å². The molecule has 188 valence electrons. The van der Waals surface area contributed by atoms with E-state index >= 15 is 0 Å². The highest BCUT2D eigenvalue weighted by Crippen LogP contribution is 2.50. The van der Waals surface area contributed by atoms with Crippen molar-refractivity contribution in [3.05, 3.63) is 23.2 Å². The molecule has 1 fully saturated rings. The Morgan fingerprint density at radius 3 is 2.45 bits per heavy atom. The predicted octanol–water partition coefficient (Wildman–Crippen LogP) is 4.78. The number of aliphatic hydroxyl groups is 2. The average Bonchev–Trinajstić information content (AvgIpc) is 2.72. The molecule has 0 aromatic heterocycles. The number of aliphatic hydroxyl groups excluding tert-OH is 2. The van der Waals surface area contributed by atoms with E-state index in [0.717, 1.165) is 36.8 Å². The SMILES string of the molecule is CCN(CC)CCN1c2cc(Cl)ccc2S[C@H]2[C@@H](O)[C@H](O)[C@@](C)(O[Si](C)(C)C(C)(C)C)O[C@H]21. The van der Waals surface area contributed by atoms with Gasteiger partial charge in [-0.05, 0) is 56.3 Å². The van der Waals surface area contributed by atoms with E-state index < -0.39 is 32.5 Å². The highest BCUT2D eigenvalue weighted by atomic mass is 35.5. The van der Waals surface area contributed by atoms with Crippen molar-refractivity contribution in [3.8, 4) is 0 Å². The van der Waals surface area contributed by atoms with Crippen LogP contribution in [0.15, 0.2) is 23.1 Å². The second-order valence-corrected chi connectivity index (χ2v) is 17.1. The Labute approximate surface area is 209 Å². The lowest BCUT2D eigenvalue weighted by Gasteiger charge is -2.56. The summed E-state index contributed by atoms with van der Waals surface area (Å²) in [5, 5.41) is 22.7. The van der Waals surface area contributed by atoms with Crippen molar-refractivity contribution in [2.75, 3.05) is 31.1 Å². The van der Waals surface area contributed by atoms with Crippen molar-refractivity contribution in [1.29, 1.82) is 0 Å². The molecule has 0 spiro atoms. The van der Waals surface area contributed by atoms with Gasteiger partial charge in [-0.2, -0.15) is 0 Å². The number of nitrogens with zero attached hydrogens (tertiary/aromatic N) is 2. The van der Waals surface area contributed by atoms with Crippen LogP contribution in [0.2, 0.25) is 23.2 Å². The number of hydrogen-bond donors (Lipinski definition) is 2. The highest BCUT2D eigenvalue weighted by molar-refractivity contribution is 8.00. The van der Waals surface area contributed by atoms with Crippen molar-refractivity contribution < 1.29 is 19.4 Å². The Kier molecular flexibility index (Phi) is 8.24. The maximum Gasteiger partial charge on any atom is 0.195 e. The Morgan fingerprint density at radius 2 is 1.88 bits per heavy atom. The fraction of sp³-hybridized carbons (Fsp3) is 0.750. The highest BCUT2D eigenvalue weighted by Gasteiger charge is 2.58. The largest absolute Gasteiger partial charge is 0.389 e. The Bertz CT molecular complexity index is 835. The molecule has 5 atom stereocenters. The van der Waals surface area contributed by atoms with Crippen molar-refractivity contribution in [3.63, 3.8) is 0 Å². The number of likely N-dealkylation sites (N-methyl/N-ethyl adjacent to an activating group) is 1. The molecule has 0 saturated carbocycles. The van der Waals surface area contributed by atoms with E-state index in [2.05, 4.69) is 57.5 Å². The minimum atomic E-state index is -2.29. The molecule has 9 heteroatoms. The summed E-state index contributed by atoms with van der Waals surface area (Å²) in [6.07, 6.45) is -2.60. The van der Waals surface area contributed by atoms with Gasteiger partial charge in [-0.3, -0.25) is 0 Å². The molecule has 0 aliphatic carbocycles. The molecule has 1 saturated heterocycles. The van der Waals surface area contributed by atoms with Crippen LogP contribution < -0.4 is 4.90 Å². The number of thioether (sulfide) groups is 1. The molecule has 1 aromatic carbocycles. The monoisotopic (exact) mass is 516 g/mol. The number of anilines is 1. The van der Waals surface area contributed by atoms with Crippen LogP contribution in [0.25, 0.3) is 0 Å². The van der Waals surface area contributed by atoms with Crippen LogP contribution in [0.5, 0.6) is 0 Å². The number of halogens is 1.